The van der Waals surface area contributed by atoms with Gasteiger partial charge in [-0.3, -0.25) is 14.9 Å². The summed E-state index contributed by atoms with van der Waals surface area (Å²) < 4.78 is 42.4. The fraction of sp³-hybridized carbons (Fsp3) is 0.273. The minimum Gasteiger partial charge on any atom is -0.494 e. The maximum atomic E-state index is 13.9. The van der Waals surface area contributed by atoms with Crippen LogP contribution < -0.4 is 15.4 Å². The molecule has 7 nitrogen and oxygen atoms in total. The number of rotatable bonds is 10. The highest BCUT2D eigenvalue weighted by atomic mass is 35.5. The van der Waals surface area contributed by atoms with Gasteiger partial charge in [0.25, 0.3) is 5.91 Å². The van der Waals surface area contributed by atoms with Gasteiger partial charge in [-0.25, -0.2) is 12.8 Å². The van der Waals surface area contributed by atoms with Gasteiger partial charge in [0.1, 0.15) is 21.4 Å². The van der Waals surface area contributed by atoms with Crippen molar-refractivity contribution < 1.29 is 27.1 Å². The minimum absolute atomic E-state index is 0.0402. The molecule has 3 aromatic carbocycles. The lowest BCUT2D eigenvalue weighted by atomic mass is 9.72. The molecule has 2 N–H and O–H groups in total. The number of hydrogen-bond acceptors (Lipinski definition) is 7. The van der Waals surface area contributed by atoms with Gasteiger partial charge in [0.15, 0.2) is 0 Å². The molecule has 1 saturated heterocycles. The molecule has 1 aliphatic rings. The van der Waals surface area contributed by atoms with Crippen LogP contribution in [-0.2, 0) is 20.0 Å². The highest BCUT2D eigenvalue weighted by molar-refractivity contribution is 7.90. The van der Waals surface area contributed by atoms with Gasteiger partial charge in [-0.2, -0.15) is 0 Å². The van der Waals surface area contributed by atoms with E-state index in [0.717, 1.165) is 11.1 Å². The molecule has 0 unspecified atom stereocenters. The fourth-order valence-electron chi connectivity index (χ4n) is 5.37. The van der Waals surface area contributed by atoms with Gasteiger partial charge in [0, 0.05) is 22.3 Å². The maximum absolute atomic E-state index is 13.9. The second kappa shape index (κ2) is 13.6. The van der Waals surface area contributed by atoms with Gasteiger partial charge in [0.05, 0.1) is 27.7 Å². The zero-order chi connectivity index (χ0) is 31.3. The van der Waals surface area contributed by atoms with Crippen molar-refractivity contribution in [2.24, 2.45) is 0 Å². The van der Waals surface area contributed by atoms with Crippen molar-refractivity contribution in [1.29, 1.82) is 0 Å². The van der Waals surface area contributed by atoms with Crippen molar-refractivity contribution in [3.05, 3.63) is 100 Å². The summed E-state index contributed by atoms with van der Waals surface area (Å²) in [5.74, 6) is -0.741. The third-order valence-electron chi connectivity index (χ3n) is 7.67. The van der Waals surface area contributed by atoms with E-state index in [9.17, 15) is 22.4 Å². The van der Waals surface area contributed by atoms with E-state index in [4.69, 9.17) is 16.3 Å². The summed E-state index contributed by atoms with van der Waals surface area (Å²) in [6.45, 7) is 1.56. The second-order valence-electron chi connectivity index (χ2n) is 10.8. The lowest BCUT2D eigenvalue weighted by Crippen LogP contribution is -2.52. The molecule has 0 aliphatic carbocycles. The molecule has 1 aromatic heterocycles. The molecule has 0 bridgehead atoms. The van der Waals surface area contributed by atoms with Gasteiger partial charge in [-0.1, -0.05) is 54.1 Å². The van der Waals surface area contributed by atoms with E-state index in [1.54, 1.807) is 24.3 Å². The van der Waals surface area contributed by atoms with Crippen LogP contribution in [0.25, 0.3) is 21.6 Å². The Hall–Kier alpha value is -3.57. The van der Waals surface area contributed by atoms with E-state index in [1.165, 1.54) is 29.7 Å². The van der Waals surface area contributed by atoms with Crippen LogP contribution in [0.4, 0.5) is 4.39 Å². The predicted molar refractivity (Wildman–Crippen MR) is 173 cm³/mol. The average Bonchev–Trinajstić information content (AvgIpc) is 3.45. The van der Waals surface area contributed by atoms with Crippen molar-refractivity contribution in [1.82, 2.24) is 10.6 Å². The van der Waals surface area contributed by atoms with Crippen molar-refractivity contribution in [2.45, 2.75) is 24.7 Å². The van der Waals surface area contributed by atoms with Crippen LogP contribution in [0.5, 0.6) is 5.75 Å². The van der Waals surface area contributed by atoms with E-state index >= 15 is 0 Å². The Balaban J connectivity index is 1.43. The number of hydrogen-bond donors (Lipinski definition) is 2. The van der Waals surface area contributed by atoms with E-state index in [2.05, 4.69) is 10.6 Å². The van der Waals surface area contributed by atoms with Crippen LogP contribution in [0, 0.1) is 5.82 Å². The molecule has 44 heavy (non-hydrogen) atoms. The molecule has 11 heteroatoms. The first-order chi connectivity index (χ1) is 21.1. The zero-order valence-electron chi connectivity index (χ0n) is 24.1. The van der Waals surface area contributed by atoms with E-state index < -0.39 is 27.0 Å². The molecular weight excluding hydrogens is 623 g/mol. The quantitative estimate of drug-likeness (QED) is 0.155. The lowest BCUT2D eigenvalue weighted by Gasteiger charge is -2.36. The van der Waals surface area contributed by atoms with Gasteiger partial charge in [0.2, 0.25) is 5.91 Å². The van der Waals surface area contributed by atoms with E-state index in [0.29, 0.717) is 59.0 Å². The fourth-order valence-corrected chi connectivity index (χ4v) is 7.45. The predicted octanol–water partition coefficient (Wildman–Crippen LogP) is 6.27. The molecule has 0 atom stereocenters. The Morgan fingerprint density at radius 3 is 2.36 bits per heavy atom. The first kappa shape index (κ1) is 31.8. The average molecular weight is 655 g/mol. The molecule has 2 amide bonds. The standard InChI is InChI=1S/C33H32ClFN2O5S2/c1-44(40,41)19-5-18-42-25-11-8-22(9-12-25)27-21-29(43-30(27)26-13-10-24(35)20-28(26)34)31(38)37-32(39)33(14-16-36-17-15-33)23-6-3-2-4-7-23/h2-4,6-13,20-21,36H,5,14-19H2,1H3,(H,37,38,39). The number of carbonyl (C=O) groups excluding carboxylic acids is 2. The molecule has 2 heterocycles. The summed E-state index contributed by atoms with van der Waals surface area (Å²) in [5.41, 5.74) is 2.03. The largest absolute Gasteiger partial charge is 0.494 e. The molecule has 5 rings (SSSR count). The Morgan fingerprint density at radius 1 is 1.00 bits per heavy atom. The van der Waals surface area contributed by atoms with Crippen molar-refractivity contribution >= 4 is 44.6 Å². The number of halogens is 2. The third kappa shape index (κ3) is 7.38. The SMILES string of the molecule is CS(=O)(=O)CCCOc1ccc(-c2cc(C(=O)NC(=O)C3(c4ccccc4)CCNCC3)sc2-c2ccc(F)cc2Cl)cc1. The zero-order valence-corrected chi connectivity index (χ0v) is 26.5. The van der Waals surface area contributed by atoms with Crippen molar-refractivity contribution in [2.75, 3.05) is 31.7 Å². The topological polar surface area (TPSA) is 102 Å². The Kier molecular flexibility index (Phi) is 9.84. The number of piperidine rings is 1. The number of ether oxygens (including phenoxy) is 1. The minimum atomic E-state index is -3.07. The van der Waals surface area contributed by atoms with Gasteiger partial charge >= 0.3 is 0 Å². The number of nitrogens with one attached hydrogen (secondary N) is 2. The molecule has 1 aliphatic heterocycles. The molecule has 0 radical (unpaired) electrons. The van der Waals surface area contributed by atoms with Gasteiger partial charge in [-0.15, -0.1) is 11.3 Å². The van der Waals surface area contributed by atoms with E-state index in [-0.39, 0.29) is 23.3 Å². The van der Waals surface area contributed by atoms with Crippen LogP contribution in [0.1, 0.15) is 34.5 Å². The number of sulfone groups is 1. The number of benzene rings is 3. The number of amides is 2. The Morgan fingerprint density at radius 2 is 1.70 bits per heavy atom. The number of imide groups is 1. The molecule has 230 valence electrons. The van der Waals surface area contributed by atoms with Crippen molar-refractivity contribution in [3.63, 3.8) is 0 Å². The summed E-state index contributed by atoms with van der Waals surface area (Å²) in [4.78, 5) is 28.3. The molecule has 0 spiro atoms. The number of carbonyl (C=O) groups is 2. The highest BCUT2D eigenvalue weighted by Gasteiger charge is 2.42. The molecular formula is C33H32ClFN2O5S2. The Bertz CT molecular complexity index is 1750. The normalized spacial score (nSPS) is 14.6. The van der Waals surface area contributed by atoms with Crippen molar-refractivity contribution in [3.8, 4) is 27.3 Å². The summed E-state index contributed by atoms with van der Waals surface area (Å²) in [5, 5.41) is 6.16. The summed E-state index contributed by atoms with van der Waals surface area (Å²) in [6.07, 6.45) is 2.68. The van der Waals surface area contributed by atoms with Crippen LogP contribution in [0.3, 0.4) is 0 Å². The smallest absolute Gasteiger partial charge is 0.267 e. The van der Waals surface area contributed by atoms with Crippen LogP contribution in [0.2, 0.25) is 5.02 Å². The lowest BCUT2D eigenvalue weighted by molar-refractivity contribution is -0.126. The monoisotopic (exact) mass is 654 g/mol. The van der Waals surface area contributed by atoms with Gasteiger partial charge in [-0.05, 0) is 79.9 Å². The first-order valence-corrected chi connectivity index (χ1v) is 17.4. The number of thiophene rings is 1. The highest BCUT2D eigenvalue weighted by Crippen LogP contribution is 2.43. The third-order valence-corrected chi connectivity index (χ3v) is 10.2. The molecule has 1 fully saturated rings. The first-order valence-electron chi connectivity index (χ1n) is 14.2. The van der Waals surface area contributed by atoms with Crippen LogP contribution in [-0.4, -0.2) is 51.9 Å². The molecule has 0 saturated carbocycles. The van der Waals surface area contributed by atoms with Crippen LogP contribution in [0.15, 0.2) is 78.9 Å². The summed E-state index contributed by atoms with van der Waals surface area (Å²) in [7, 11) is -3.07. The van der Waals surface area contributed by atoms with Gasteiger partial charge < -0.3 is 10.1 Å². The summed E-state index contributed by atoms with van der Waals surface area (Å²) >= 11 is 7.63. The summed E-state index contributed by atoms with van der Waals surface area (Å²) in [6, 6.07) is 22.5. The molecule has 4 aromatic rings. The second-order valence-corrected chi connectivity index (χ2v) is 14.5. The maximum Gasteiger partial charge on any atom is 0.267 e. The van der Waals surface area contributed by atoms with E-state index in [1.807, 2.05) is 42.5 Å². The van der Waals surface area contributed by atoms with Crippen LogP contribution >= 0.6 is 22.9 Å². The Labute approximate surface area is 265 Å².